The third-order valence-corrected chi connectivity index (χ3v) is 3.11. The van der Waals surface area contributed by atoms with Crippen LogP contribution in [0.5, 0.6) is 5.75 Å². The Morgan fingerprint density at radius 3 is 2.73 bits per heavy atom. The van der Waals surface area contributed by atoms with Crippen molar-refractivity contribution >= 4 is 12.0 Å². The molecule has 1 aromatic carbocycles. The van der Waals surface area contributed by atoms with Gasteiger partial charge in [0.15, 0.2) is 12.0 Å². The molecular weight excluding hydrogens is 288 g/mol. The molecular formula is C14H16N4O4. The maximum atomic E-state index is 11.1. The highest BCUT2D eigenvalue weighted by atomic mass is 16.6. The molecule has 0 aliphatic heterocycles. The smallest absolute Gasteiger partial charge is 0.313 e. The van der Waals surface area contributed by atoms with E-state index >= 15 is 0 Å². The molecule has 1 aromatic heterocycles. The molecule has 1 heterocycles. The number of methoxy groups -OCH3 is 1. The molecule has 0 N–H and O–H groups in total. The molecule has 0 atom stereocenters. The standard InChI is InChI=1S/C14H16N4O4/c1-9(2)6-12-11(8-19)15-16-17(12)10-4-5-14(22-3)13(7-10)18(20)21/h4-5,7-9H,6H2,1-3H3. The predicted molar refractivity (Wildman–Crippen MR) is 78.5 cm³/mol. The predicted octanol–water partition coefficient (Wildman–Crippen LogP) is 2.20. The lowest BCUT2D eigenvalue weighted by atomic mass is 10.1. The average Bonchev–Trinajstić information content (AvgIpc) is 2.88. The van der Waals surface area contributed by atoms with Gasteiger partial charge in [-0.3, -0.25) is 14.9 Å². The van der Waals surface area contributed by atoms with Gasteiger partial charge >= 0.3 is 5.69 Å². The van der Waals surface area contributed by atoms with Crippen LogP contribution >= 0.6 is 0 Å². The van der Waals surface area contributed by atoms with Crippen molar-refractivity contribution in [3.8, 4) is 11.4 Å². The zero-order chi connectivity index (χ0) is 16.3. The summed E-state index contributed by atoms with van der Waals surface area (Å²) in [7, 11) is 1.37. The number of ether oxygens (including phenoxy) is 1. The third kappa shape index (κ3) is 2.95. The normalized spacial score (nSPS) is 10.7. The molecule has 0 amide bonds. The first kappa shape index (κ1) is 15.6. The Hall–Kier alpha value is -2.77. The number of hydrogen-bond acceptors (Lipinski definition) is 6. The number of hydrogen-bond donors (Lipinski definition) is 0. The molecule has 2 rings (SSSR count). The molecule has 0 fully saturated rings. The number of rotatable bonds is 6. The van der Waals surface area contributed by atoms with Crippen LogP contribution in [-0.2, 0) is 6.42 Å². The van der Waals surface area contributed by atoms with Crippen LogP contribution in [0.3, 0.4) is 0 Å². The van der Waals surface area contributed by atoms with Crippen molar-refractivity contribution in [3.05, 3.63) is 39.7 Å². The Balaban J connectivity index is 2.57. The second kappa shape index (κ2) is 6.33. The molecule has 0 saturated carbocycles. The van der Waals surface area contributed by atoms with E-state index in [2.05, 4.69) is 10.3 Å². The molecule has 0 bridgehead atoms. The van der Waals surface area contributed by atoms with Crippen LogP contribution in [0.15, 0.2) is 18.2 Å². The minimum absolute atomic E-state index is 0.162. The topological polar surface area (TPSA) is 100 Å². The van der Waals surface area contributed by atoms with Crippen LogP contribution in [0.2, 0.25) is 0 Å². The molecule has 8 heteroatoms. The minimum atomic E-state index is -0.526. The van der Waals surface area contributed by atoms with Crippen LogP contribution in [0.25, 0.3) is 5.69 Å². The zero-order valence-corrected chi connectivity index (χ0v) is 12.5. The molecule has 0 radical (unpaired) electrons. The summed E-state index contributed by atoms with van der Waals surface area (Å²) in [6.07, 6.45) is 1.22. The number of carbonyl (C=O) groups excluding carboxylic acids is 1. The van der Waals surface area contributed by atoms with E-state index in [1.807, 2.05) is 13.8 Å². The lowest BCUT2D eigenvalue weighted by Gasteiger charge is -2.10. The van der Waals surface area contributed by atoms with Gasteiger partial charge in [-0.1, -0.05) is 19.1 Å². The van der Waals surface area contributed by atoms with E-state index in [-0.39, 0.29) is 23.0 Å². The second-order valence-corrected chi connectivity index (χ2v) is 5.16. The lowest BCUT2D eigenvalue weighted by molar-refractivity contribution is -0.385. The average molecular weight is 304 g/mol. The first-order valence-corrected chi connectivity index (χ1v) is 6.70. The number of nitro benzene ring substituents is 1. The molecule has 8 nitrogen and oxygen atoms in total. The number of nitro groups is 1. The summed E-state index contributed by atoms with van der Waals surface area (Å²) in [5.41, 5.74) is 1.17. The largest absolute Gasteiger partial charge is 0.490 e. The van der Waals surface area contributed by atoms with E-state index in [1.165, 1.54) is 23.9 Å². The summed E-state index contributed by atoms with van der Waals surface area (Å²) in [6, 6.07) is 4.49. The van der Waals surface area contributed by atoms with Gasteiger partial charge in [0.1, 0.15) is 5.69 Å². The summed E-state index contributed by atoms with van der Waals surface area (Å²) in [5, 5.41) is 18.9. The number of aldehydes is 1. The summed E-state index contributed by atoms with van der Waals surface area (Å²) in [4.78, 5) is 21.7. The molecule has 22 heavy (non-hydrogen) atoms. The van der Waals surface area contributed by atoms with Gasteiger partial charge in [-0.05, 0) is 24.5 Å². The first-order chi connectivity index (χ1) is 10.5. The van der Waals surface area contributed by atoms with Crippen molar-refractivity contribution in [2.75, 3.05) is 7.11 Å². The summed E-state index contributed by atoms with van der Waals surface area (Å²) >= 11 is 0. The Kier molecular flexibility index (Phi) is 4.50. The van der Waals surface area contributed by atoms with Crippen LogP contribution < -0.4 is 4.74 Å². The molecule has 0 spiro atoms. The fourth-order valence-corrected chi connectivity index (χ4v) is 2.14. The van der Waals surface area contributed by atoms with Gasteiger partial charge in [0.25, 0.3) is 0 Å². The molecule has 2 aromatic rings. The van der Waals surface area contributed by atoms with Crippen LogP contribution in [-0.4, -0.2) is 33.3 Å². The van der Waals surface area contributed by atoms with Crippen molar-refractivity contribution in [3.63, 3.8) is 0 Å². The molecule has 116 valence electrons. The van der Waals surface area contributed by atoms with Crippen molar-refractivity contribution in [1.82, 2.24) is 15.0 Å². The summed E-state index contributed by atoms with van der Waals surface area (Å²) in [5.74, 6) is 0.444. The lowest BCUT2D eigenvalue weighted by Crippen LogP contribution is -2.07. The Morgan fingerprint density at radius 1 is 1.45 bits per heavy atom. The Morgan fingerprint density at radius 2 is 2.18 bits per heavy atom. The molecule has 0 aliphatic rings. The van der Waals surface area contributed by atoms with E-state index in [0.717, 1.165) is 0 Å². The van der Waals surface area contributed by atoms with Gasteiger partial charge in [0.2, 0.25) is 0 Å². The number of benzene rings is 1. The van der Waals surface area contributed by atoms with Crippen molar-refractivity contribution in [2.45, 2.75) is 20.3 Å². The van der Waals surface area contributed by atoms with E-state index < -0.39 is 4.92 Å². The molecule has 0 saturated heterocycles. The summed E-state index contributed by atoms with van der Waals surface area (Å²) in [6.45, 7) is 4.00. The van der Waals surface area contributed by atoms with Crippen molar-refractivity contribution < 1.29 is 14.5 Å². The van der Waals surface area contributed by atoms with Gasteiger partial charge in [-0.15, -0.1) is 5.10 Å². The Bertz CT molecular complexity index is 709. The second-order valence-electron chi connectivity index (χ2n) is 5.16. The van der Waals surface area contributed by atoms with Crippen LogP contribution in [0.1, 0.15) is 30.0 Å². The third-order valence-electron chi connectivity index (χ3n) is 3.11. The van der Waals surface area contributed by atoms with E-state index in [1.54, 1.807) is 6.07 Å². The first-order valence-electron chi connectivity index (χ1n) is 6.70. The SMILES string of the molecule is COc1ccc(-n2nnc(C=O)c2CC(C)C)cc1[N+](=O)[O-]. The van der Waals surface area contributed by atoms with Gasteiger partial charge < -0.3 is 4.74 Å². The minimum Gasteiger partial charge on any atom is -0.490 e. The maximum Gasteiger partial charge on any atom is 0.313 e. The number of nitrogens with zero attached hydrogens (tertiary/aromatic N) is 4. The van der Waals surface area contributed by atoms with Gasteiger partial charge in [-0.2, -0.15) is 0 Å². The number of aromatic nitrogens is 3. The van der Waals surface area contributed by atoms with E-state index in [0.29, 0.717) is 24.1 Å². The van der Waals surface area contributed by atoms with Crippen LogP contribution in [0.4, 0.5) is 5.69 Å². The zero-order valence-electron chi connectivity index (χ0n) is 12.5. The Labute approximate surface area is 126 Å². The fourth-order valence-electron chi connectivity index (χ4n) is 2.14. The molecule has 0 unspecified atom stereocenters. The monoisotopic (exact) mass is 304 g/mol. The van der Waals surface area contributed by atoms with Crippen LogP contribution in [0, 0.1) is 16.0 Å². The summed E-state index contributed by atoms with van der Waals surface area (Å²) < 4.78 is 6.43. The fraction of sp³-hybridized carbons (Fsp3) is 0.357. The van der Waals surface area contributed by atoms with Crippen molar-refractivity contribution in [1.29, 1.82) is 0 Å². The van der Waals surface area contributed by atoms with E-state index in [9.17, 15) is 14.9 Å². The maximum absolute atomic E-state index is 11.1. The molecule has 0 aliphatic carbocycles. The number of carbonyl (C=O) groups is 1. The van der Waals surface area contributed by atoms with Crippen molar-refractivity contribution in [2.24, 2.45) is 5.92 Å². The van der Waals surface area contributed by atoms with Gasteiger partial charge in [-0.25, -0.2) is 4.68 Å². The quantitative estimate of drug-likeness (QED) is 0.460. The van der Waals surface area contributed by atoms with E-state index in [4.69, 9.17) is 4.74 Å². The van der Waals surface area contributed by atoms with Gasteiger partial charge in [0.05, 0.1) is 23.4 Å². The highest BCUT2D eigenvalue weighted by molar-refractivity contribution is 5.73. The highest BCUT2D eigenvalue weighted by Crippen LogP contribution is 2.29. The van der Waals surface area contributed by atoms with Gasteiger partial charge in [0, 0.05) is 6.07 Å². The highest BCUT2D eigenvalue weighted by Gasteiger charge is 2.20.